The van der Waals surface area contributed by atoms with Gasteiger partial charge in [-0.3, -0.25) is 4.90 Å². The van der Waals surface area contributed by atoms with Crippen molar-refractivity contribution in [3.05, 3.63) is 29.8 Å². The minimum Gasteiger partial charge on any atom is -0.329 e. The predicted octanol–water partition coefficient (Wildman–Crippen LogP) is 2.71. The first-order valence-corrected chi connectivity index (χ1v) is 5.60. The SMILES string of the molecule is CC1Cc2ccccc2N1C(=O)NCC(F)(F)F. The van der Waals surface area contributed by atoms with Crippen molar-refractivity contribution in [2.24, 2.45) is 0 Å². The first-order chi connectivity index (χ1) is 8.38. The second kappa shape index (κ2) is 4.51. The fourth-order valence-electron chi connectivity index (χ4n) is 2.14. The van der Waals surface area contributed by atoms with E-state index in [1.54, 1.807) is 12.1 Å². The third-order valence-electron chi connectivity index (χ3n) is 2.87. The summed E-state index contributed by atoms with van der Waals surface area (Å²) in [5.41, 5.74) is 1.66. The van der Waals surface area contributed by atoms with Crippen molar-refractivity contribution in [1.29, 1.82) is 0 Å². The topological polar surface area (TPSA) is 32.3 Å². The van der Waals surface area contributed by atoms with Crippen molar-refractivity contribution >= 4 is 11.7 Å². The fraction of sp³-hybridized carbons (Fsp3) is 0.417. The Bertz CT molecular complexity index is 459. The van der Waals surface area contributed by atoms with Crippen LogP contribution in [-0.2, 0) is 6.42 Å². The number of carbonyl (C=O) groups excluding carboxylic acids is 1. The molecule has 0 aliphatic carbocycles. The molecule has 1 aliphatic rings. The Hall–Kier alpha value is -1.72. The molecular formula is C12H13F3N2O. The van der Waals surface area contributed by atoms with Crippen molar-refractivity contribution in [1.82, 2.24) is 5.32 Å². The molecule has 0 saturated carbocycles. The number of alkyl halides is 3. The molecule has 18 heavy (non-hydrogen) atoms. The monoisotopic (exact) mass is 258 g/mol. The molecule has 2 rings (SSSR count). The molecule has 1 unspecified atom stereocenters. The van der Waals surface area contributed by atoms with E-state index < -0.39 is 18.8 Å². The van der Waals surface area contributed by atoms with Gasteiger partial charge < -0.3 is 5.32 Å². The third-order valence-corrected chi connectivity index (χ3v) is 2.87. The largest absolute Gasteiger partial charge is 0.405 e. The van der Waals surface area contributed by atoms with Gasteiger partial charge in [0, 0.05) is 11.7 Å². The van der Waals surface area contributed by atoms with E-state index in [1.807, 2.05) is 24.4 Å². The van der Waals surface area contributed by atoms with E-state index in [0.29, 0.717) is 12.1 Å². The Kier molecular flexibility index (Phi) is 3.19. The Morgan fingerprint density at radius 1 is 1.44 bits per heavy atom. The van der Waals surface area contributed by atoms with Crippen LogP contribution in [0, 0.1) is 0 Å². The number of hydrogen-bond donors (Lipinski definition) is 1. The van der Waals surface area contributed by atoms with Gasteiger partial charge in [-0.2, -0.15) is 13.2 Å². The lowest BCUT2D eigenvalue weighted by Gasteiger charge is -2.23. The summed E-state index contributed by atoms with van der Waals surface area (Å²) in [5.74, 6) is 0. The van der Waals surface area contributed by atoms with Gasteiger partial charge in [-0.15, -0.1) is 0 Å². The molecule has 1 aromatic carbocycles. The normalized spacial score (nSPS) is 18.7. The Morgan fingerprint density at radius 2 is 2.11 bits per heavy atom. The van der Waals surface area contributed by atoms with E-state index in [1.165, 1.54) is 4.90 Å². The number of halogens is 3. The van der Waals surface area contributed by atoms with Crippen molar-refractivity contribution in [3.8, 4) is 0 Å². The van der Waals surface area contributed by atoms with Crippen LogP contribution in [0.2, 0.25) is 0 Å². The summed E-state index contributed by atoms with van der Waals surface area (Å²) >= 11 is 0. The summed E-state index contributed by atoms with van der Waals surface area (Å²) in [6.07, 6.45) is -3.73. The van der Waals surface area contributed by atoms with Crippen LogP contribution in [0.15, 0.2) is 24.3 Å². The lowest BCUT2D eigenvalue weighted by Crippen LogP contribution is -2.46. The zero-order valence-electron chi connectivity index (χ0n) is 9.79. The number of fused-ring (bicyclic) bond motifs is 1. The molecule has 2 amide bonds. The number of amides is 2. The highest BCUT2D eigenvalue weighted by Crippen LogP contribution is 2.31. The van der Waals surface area contributed by atoms with Crippen LogP contribution in [0.4, 0.5) is 23.7 Å². The van der Waals surface area contributed by atoms with Gasteiger partial charge in [-0.1, -0.05) is 18.2 Å². The van der Waals surface area contributed by atoms with Crippen LogP contribution in [0.5, 0.6) is 0 Å². The number of urea groups is 1. The van der Waals surface area contributed by atoms with Gasteiger partial charge in [0.1, 0.15) is 6.54 Å². The molecule has 0 saturated heterocycles. The Morgan fingerprint density at radius 3 is 2.78 bits per heavy atom. The number of para-hydroxylation sites is 1. The first kappa shape index (κ1) is 12.7. The molecular weight excluding hydrogens is 245 g/mol. The van der Waals surface area contributed by atoms with E-state index in [-0.39, 0.29) is 6.04 Å². The van der Waals surface area contributed by atoms with Gasteiger partial charge in [0.2, 0.25) is 0 Å². The van der Waals surface area contributed by atoms with Crippen LogP contribution in [0.25, 0.3) is 0 Å². The minimum atomic E-state index is -4.39. The third kappa shape index (κ3) is 2.57. The molecule has 1 heterocycles. The number of carbonyl (C=O) groups is 1. The van der Waals surface area contributed by atoms with Crippen molar-refractivity contribution in [2.75, 3.05) is 11.4 Å². The van der Waals surface area contributed by atoms with Gasteiger partial charge in [0.05, 0.1) is 0 Å². The molecule has 1 N–H and O–H groups in total. The number of hydrogen-bond acceptors (Lipinski definition) is 1. The Labute approximate surface area is 103 Å². The van der Waals surface area contributed by atoms with Crippen molar-refractivity contribution < 1.29 is 18.0 Å². The van der Waals surface area contributed by atoms with E-state index >= 15 is 0 Å². The highest BCUT2D eigenvalue weighted by atomic mass is 19.4. The number of benzene rings is 1. The molecule has 0 radical (unpaired) electrons. The summed E-state index contributed by atoms with van der Waals surface area (Å²) in [5, 5.41) is 1.90. The van der Waals surface area contributed by atoms with E-state index in [2.05, 4.69) is 0 Å². The summed E-state index contributed by atoms with van der Waals surface area (Å²) in [6, 6.07) is 6.40. The first-order valence-electron chi connectivity index (χ1n) is 5.60. The second-order valence-corrected chi connectivity index (χ2v) is 4.33. The molecule has 1 aromatic rings. The van der Waals surface area contributed by atoms with Crippen LogP contribution < -0.4 is 10.2 Å². The zero-order valence-corrected chi connectivity index (χ0v) is 9.79. The maximum Gasteiger partial charge on any atom is 0.405 e. The number of nitrogens with zero attached hydrogens (tertiary/aromatic N) is 1. The highest BCUT2D eigenvalue weighted by Gasteiger charge is 2.33. The van der Waals surface area contributed by atoms with Crippen LogP contribution in [0.1, 0.15) is 12.5 Å². The highest BCUT2D eigenvalue weighted by molar-refractivity contribution is 5.94. The molecule has 0 aromatic heterocycles. The maximum absolute atomic E-state index is 12.1. The number of rotatable bonds is 1. The zero-order chi connectivity index (χ0) is 13.3. The predicted molar refractivity (Wildman–Crippen MR) is 61.5 cm³/mol. The van der Waals surface area contributed by atoms with Crippen molar-refractivity contribution in [2.45, 2.75) is 25.6 Å². The van der Waals surface area contributed by atoms with Gasteiger partial charge in [-0.05, 0) is 25.0 Å². The fourth-order valence-corrected chi connectivity index (χ4v) is 2.14. The maximum atomic E-state index is 12.1. The van der Waals surface area contributed by atoms with E-state index in [9.17, 15) is 18.0 Å². The lowest BCUT2D eigenvalue weighted by atomic mass is 10.1. The summed E-state index contributed by atoms with van der Waals surface area (Å²) in [4.78, 5) is 13.2. The standard InChI is InChI=1S/C12H13F3N2O/c1-8-6-9-4-2-3-5-10(9)17(8)11(18)16-7-12(13,14)15/h2-5,8H,6-7H2,1H3,(H,16,18). The molecule has 6 heteroatoms. The molecule has 98 valence electrons. The smallest absolute Gasteiger partial charge is 0.329 e. The Balaban J connectivity index is 2.11. The molecule has 0 bridgehead atoms. The quantitative estimate of drug-likeness (QED) is 0.825. The van der Waals surface area contributed by atoms with E-state index in [4.69, 9.17) is 0 Å². The number of nitrogens with one attached hydrogen (secondary N) is 1. The molecule has 1 aliphatic heterocycles. The van der Waals surface area contributed by atoms with Crippen LogP contribution in [-0.4, -0.2) is 24.8 Å². The molecule has 0 fully saturated rings. The molecule has 3 nitrogen and oxygen atoms in total. The number of anilines is 1. The van der Waals surface area contributed by atoms with Gasteiger partial charge in [0.15, 0.2) is 0 Å². The van der Waals surface area contributed by atoms with Crippen molar-refractivity contribution in [3.63, 3.8) is 0 Å². The van der Waals surface area contributed by atoms with Crippen LogP contribution in [0.3, 0.4) is 0 Å². The van der Waals surface area contributed by atoms with Crippen LogP contribution >= 0.6 is 0 Å². The van der Waals surface area contributed by atoms with E-state index in [0.717, 1.165) is 5.56 Å². The summed E-state index contributed by atoms with van der Waals surface area (Å²) in [6.45, 7) is 0.504. The minimum absolute atomic E-state index is 0.129. The molecule has 0 spiro atoms. The lowest BCUT2D eigenvalue weighted by molar-refractivity contribution is -0.122. The second-order valence-electron chi connectivity index (χ2n) is 4.33. The van der Waals surface area contributed by atoms with Gasteiger partial charge in [-0.25, -0.2) is 4.79 Å². The summed E-state index contributed by atoms with van der Waals surface area (Å²) in [7, 11) is 0. The average Bonchev–Trinajstić information content (AvgIpc) is 2.61. The molecule has 1 atom stereocenters. The summed E-state index contributed by atoms with van der Waals surface area (Å²) < 4.78 is 36.2. The average molecular weight is 258 g/mol. The van der Waals surface area contributed by atoms with Gasteiger partial charge in [0.25, 0.3) is 0 Å². The van der Waals surface area contributed by atoms with Gasteiger partial charge >= 0.3 is 12.2 Å².